The Hall–Kier alpha value is -1.51. The second-order valence-corrected chi connectivity index (χ2v) is 9.05. The van der Waals surface area contributed by atoms with E-state index in [0.717, 1.165) is 42.8 Å². The van der Waals surface area contributed by atoms with Gasteiger partial charge in [-0.15, -0.1) is 0 Å². The third-order valence-corrected chi connectivity index (χ3v) is 6.07. The van der Waals surface area contributed by atoms with Gasteiger partial charge in [-0.05, 0) is 60.6 Å². The summed E-state index contributed by atoms with van der Waals surface area (Å²) in [7, 11) is 0. The molecule has 1 saturated heterocycles. The zero-order chi connectivity index (χ0) is 20.1. The van der Waals surface area contributed by atoms with Crippen LogP contribution in [0.5, 0.6) is 0 Å². The van der Waals surface area contributed by atoms with Crippen LogP contribution in [0.15, 0.2) is 48.5 Å². The van der Waals surface area contributed by atoms with Crippen molar-refractivity contribution >= 4 is 29.1 Å². The van der Waals surface area contributed by atoms with Crippen molar-refractivity contribution in [3.63, 3.8) is 0 Å². The fraction of sp³-hybridized carbons (Fsp3) is 0.458. The van der Waals surface area contributed by atoms with E-state index in [1.165, 1.54) is 12.0 Å². The first-order valence-corrected chi connectivity index (χ1v) is 11.0. The summed E-state index contributed by atoms with van der Waals surface area (Å²) in [6, 6.07) is 15.9. The van der Waals surface area contributed by atoms with Crippen molar-refractivity contribution in [1.29, 1.82) is 0 Å². The number of carbonyl (C=O) groups excluding carboxylic acids is 1. The quantitative estimate of drug-likeness (QED) is 0.500. The van der Waals surface area contributed by atoms with Gasteiger partial charge in [0.15, 0.2) is 0 Å². The van der Waals surface area contributed by atoms with E-state index < -0.39 is 0 Å². The van der Waals surface area contributed by atoms with Gasteiger partial charge in [-0.2, -0.15) is 0 Å². The second-order valence-electron chi connectivity index (χ2n) is 8.18. The van der Waals surface area contributed by atoms with E-state index in [1.54, 1.807) is 0 Å². The van der Waals surface area contributed by atoms with Crippen molar-refractivity contribution in [3.05, 3.63) is 69.7 Å². The van der Waals surface area contributed by atoms with E-state index in [-0.39, 0.29) is 17.9 Å². The molecule has 0 aliphatic carbocycles. The molecule has 0 bridgehead atoms. The maximum absolute atomic E-state index is 13.8. The van der Waals surface area contributed by atoms with Crippen LogP contribution >= 0.6 is 23.2 Å². The summed E-state index contributed by atoms with van der Waals surface area (Å²) in [5.41, 5.74) is 2.24. The van der Waals surface area contributed by atoms with Crippen molar-refractivity contribution in [2.45, 2.75) is 57.9 Å². The molecule has 4 heteroatoms. The van der Waals surface area contributed by atoms with Gasteiger partial charge < -0.3 is 4.90 Å². The Labute approximate surface area is 178 Å². The first-order chi connectivity index (χ1) is 13.5. The Kier molecular flexibility index (Phi) is 7.42. The third kappa shape index (κ3) is 5.30. The minimum Gasteiger partial charge on any atom is -0.335 e. The van der Waals surface area contributed by atoms with Crippen LogP contribution in [-0.4, -0.2) is 17.4 Å². The largest absolute Gasteiger partial charge is 0.335 e. The van der Waals surface area contributed by atoms with E-state index in [2.05, 4.69) is 30.9 Å². The molecule has 2 atom stereocenters. The first-order valence-electron chi connectivity index (χ1n) is 10.3. The first kappa shape index (κ1) is 21.2. The molecule has 0 spiro atoms. The summed E-state index contributed by atoms with van der Waals surface area (Å²) in [5, 5.41) is 1.43. The Bertz CT molecular complexity index is 770. The molecule has 150 valence electrons. The third-order valence-electron chi connectivity index (χ3n) is 5.57. The number of hydrogen-bond donors (Lipinski definition) is 0. The topological polar surface area (TPSA) is 20.3 Å². The van der Waals surface area contributed by atoms with Crippen molar-refractivity contribution in [2.24, 2.45) is 5.92 Å². The minimum atomic E-state index is -0.134. The van der Waals surface area contributed by atoms with Gasteiger partial charge in [0.2, 0.25) is 5.91 Å². The fourth-order valence-electron chi connectivity index (χ4n) is 4.15. The van der Waals surface area contributed by atoms with Crippen molar-refractivity contribution in [1.82, 2.24) is 4.90 Å². The van der Waals surface area contributed by atoms with Gasteiger partial charge >= 0.3 is 0 Å². The lowest BCUT2D eigenvalue weighted by Gasteiger charge is -2.34. The molecule has 2 nitrogen and oxygen atoms in total. The highest BCUT2D eigenvalue weighted by Crippen LogP contribution is 2.35. The summed E-state index contributed by atoms with van der Waals surface area (Å²) in [6.45, 7) is 5.17. The van der Waals surface area contributed by atoms with Gasteiger partial charge in [0.05, 0.1) is 12.0 Å². The van der Waals surface area contributed by atoms with Gasteiger partial charge in [0, 0.05) is 16.6 Å². The zero-order valence-corrected chi connectivity index (χ0v) is 18.2. The lowest BCUT2D eigenvalue weighted by atomic mass is 9.88. The van der Waals surface area contributed by atoms with Crippen LogP contribution in [0, 0.1) is 5.92 Å². The highest BCUT2D eigenvalue weighted by molar-refractivity contribution is 6.30. The molecule has 0 aromatic heterocycles. The number of hydrogen-bond acceptors (Lipinski definition) is 1. The van der Waals surface area contributed by atoms with Crippen LogP contribution in [0.1, 0.15) is 69.0 Å². The van der Waals surface area contributed by atoms with Crippen LogP contribution in [0.4, 0.5) is 0 Å². The molecule has 3 rings (SSSR count). The van der Waals surface area contributed by atoms with E-state index >= 15 is 0 Å². The maximum atomic E-state index is 13.8. The lowest BCUT2D eigenvalue weighted by Crippen LogP contribution is -2.38. The predicted molar refractivity (Wildman–Crippen MR) is 118 cm³/mol. The predicted octanol–water partition coefficient (Wildman–Crippen LogP) is 7.27. The van der Waals surface area contributed by atoms with Crippen molar-refractivity contribution < 1.29 is 4.79 Å². The van der Waals surface area contributed by atoms with Crippen LogP contribution in [-0.2, 0) is 4.79 Å². The minimum absolute atomic E-state index is 0.120. The number of nitrogens with zero attached hydrogens (tertiary/aromatic N) is 1. The average molecular weight is 418 g/mol. The highest BCUT2D eigenvalue weighted by atomic mass is 35.5. The molecule has 0 saturated carbocycles. The SMILES string of the molecule is CC(C)CC(C(=O)N1CCCCCC1c1ccc(Cl)cc1)c1ccc(Cl)cc1. The van der Waals surface area contributed by atoms with E-state index in [9.17, 15) is 4.79 Å². The molecule has 2 unspecified atom stereocenters. The smallest absolute Gasteiger partial charge is 0.230 e. The average Bonchev–Trinajstić information content (AvgIpc) is 2.93. The molecule has 1 amide bonds. The standard InChI is InChI=1S/C24H29Cl2NO/c1-17(2)16-22(18-7-11-20(25)12-8-18)24(28)27-15-5-3-4-6-23(27)19-9-13-21(26)14-10-19/h7-14,17,22-23H,3-6,15-16H2,1-2H3. The van der Waals surface area contributed by atoms with Gasteiger partial charge in [-0.1, -0.05) is 74.2 Å². The second kappa shape index (κ2) is 9.80. The fourth-order valence-corrected chi connectivity index (χ4v) is 4.40. The number of carbonyl (C=O) groups is 1. The molecule has 2 aromatic rings. The Morgan fingerprint density at radius 1 is 0.964 bits per heavy atom. The molecule has 1 heterocycles. The van der Waals surface area contributed by atoms with E-state index in [1.807, 2.05) is 36.4 Å². The molecular formula is C24H29Cl2NO. The number of benzene rings is 2. The zero-order valence-electron chi connectivity index (χ0n) is 16.7. The van der Waals surface area contributed by atoms with Gasteiger partial charge in [-0.25, -0.2) is 0 Å². The number of amides is 1. The molecular weight excluding hydrogens is 389 g/mol. The van der Waals surface area contributed by atoms with Crippen molar-refractivity contribution in [2.75, 3.05) is 6.54 Å². The lowest BCUT2D eigenvalue weighted by molar-refractivity contribution is -0.135. The summed E-state index contributed by atoms with van der Waals surface area (Å²) < 4.78 is 0. The van der Waals surface area contributed by atoms with Crippen LogP contribution in [0.25, 0.3) is 0 Å². The Morgan fingerprint density at radius 2 is 1.57 bits per heavy atom. The summed E-state index contributed by atoms with van der Waals surface area (Å²) >= 11 is 12.2. The van der Waals surface area contributed by atoms with Gasteiger partial charge in [0.1, 0.15) is 0 Å². The summed E-state index contributed by atoms with van der Waals surface area (Å²) in [4.78, 5) is 15.9. The molecule has 1 aliphatic heterocycles. The van der Waals surface area contributed by atoms with Crippen LogP contribution in [0.3, 0.4) is 0 Å². The summed E-state index contributed by atoms with van der Waals surface area (Å²) in [6.07, 6.45) is 5.22. The maximum Gasteiger partial charge on any atom is 0.230 e. The van der Waals surface area contributed by atoms with E-state index in [0.29, 0.717) is 10.9 Å². The van der Waals surface area contributed by atoms with Crippen LogP contribution < -0.4 is 0 Å². The highest BCUT2D eigenvalue weighted by Gasteiger charge is 2.32. The Balaban J connectivity index is 1.93. The molecule has 0 radical (unpaired) electrons. The van der Waals surface area contributed by atoms with E-state index in [4.69, 9.17) is 23.2 Å². The molecule has 2 aromatic carbocycles. The number of halogens is 2. The molecule has 1 fully saturated rings. The monoisotopic (exact) mass is 417 g/mol. The van der Waals surface area contributed by atoms with Gasteiger partial charge in [-0.3, -0.25) is 4.79 Å². The Morgan fingerprint density at radius 3 is 2.18 bits per heavy atom. The number of rotatable bonds is 5. The van der Waals surface area contributed by atoms with Gasteiger partial charge in [0.25, 0.3) is 0 Å². The normalized spacial score (nSPS) is 18.8. The number of likely N-dealkylation sites (tertiary alicyclic amines) is 1. The molecule has 0 N–H and O–H groups in total. The summed E-state index contributed by atoms with van der Waals surface area (Å²) in [5.74, 6) is 0.536. The van der Waals surface area contributed by atoms with Crippen molar-refractivity contribution in [3.8, 4) is 0 Å². The molecule has 1 aliphatic rings. The molecule has 28 heavy (non-hydrogen) atoms. The van der Waals surface area contributed by atoms with Crippen LogP contribution in [0.2, 0.25) is 10.0 Å².